The molecule has 0 bridgehead atoms. The highest BCUT2D eigenvalue weighted by Crippen LogP contribution is 2.18. The average Bonchev–Trinajstić information content (AvgIpc) is 2.01. The van der Waals surface area contributed by atoms with Gasteiger partial charge in [0.25, 0.3) is 5.91 Å². The minimum Gasteiger partial charge on any atom is -0.381 e. The molecule has 74 valence electrons. The number of halogens is 1. The molecule has 0 aromatic carbocycles. The van der Waals surface area contributed by atoms with E-state index in [2.05, 4.69) is 15.9 Å². The van der Waals surface area contributed by atoms with Crippen LogP contribution in [0.1, 0.15) is 20.3 Å². The first-order valence-electron chi connectivity index (χ1n) is 4.27. The molecule has 3 nitrogen and oxygen atoms in total. The molecule has 0 atom stereocenters. The molecule has 1 amide bonds. The van der Waals surface area contributed by atoms with Gasteiger partial charge in [-0.2, -0.15) is 0 Å². The number of nitrogens with zero attached hydrogens (tertiary/aromatic N) is 1. The van der Waals surface area contributed by atoms with Crippen LogP contribution in [0, 0.1) is 0 Å². The van der Waals surface area contributed by atoms with Crippen LogP contribution in [0.15, 0.2) is 10.6 Å². The monoisotopic (exact) mass is 247 g/mol. The Labute approximate surface area is 86.5 Å². The summed E-state index contributed by atoms with van der Waals surface area (Å²) in [5.74, 6) is -0.211. The summed E-state index contributed by atoms with van der Waals surface area (Å²) in [4.78, 5) is 13.2. The number of amides is 1. The largest absolute Gasteiger partial charge is 0.381 e. The van der Waals surface area contributed by atoms with E-state index in [0.29, 0.717) is 13.1 Å². The van der Waals surface area contributed by atoms with E-state index in [-0.39, 0.29) is 5.91 Å². The van der Waals surface area contributed by atoms with E-state index in [4.69, 9.17) is 0 Å². The van der Waals surface area contributed by atoms with Gasteiger partial charge in [0.1, 0.15) is 5.60 Å². The van der Waals surface area contributed by atoms with Crippen molar-refractivity contribution in [3.63, 3.8) is 0 Å². The van der Waals surface area contributed by atoms with Gasteiger partial charge in [0.2, 0.25) is 0 Å². The average molecular weight is 248 g/mol. The molecule has 1 heterocycles. The Bertz CT molecular complexity index is 242. The Balaban J connectivity index is 2.65. The maximum Gasteiger partial charge on any atom is 0.254 e. The third-order valence-corrected chi connectivity index (χ3v) is 2.49. The van der Waals surface area contributed by atoms with Crippen molar-refractivity contribution < 1.29 is 9.90 Å². The first-order chi connectivity index (χ1) is 5.91. The van der Waals surface area contributed by atoms with Crippen molar-refractivity contribution >= 4 is 21.8 Å². The van der Waals surface area contributed by atoms with E-state index in [1.165, 1.54) is 13.8 Å². The second-order valence-electron chi connectivity index (χ2n) is 3.73. The molecule has 0 spiro atoms. The van der Waals surface area contributed by atoms with Crippen molar-refractivity contribution in [1.82, 2.24) is 4.90 Å². The summed E-state index contributed by atoms with van der Waals surface area (Å²) in [6.45, 7) is 4.30. The smallest absolute Gasteiger partial charge is 0.254 e. The molecule has 1 rings (SSSR count). The van der Waals surface area contributed by atoms with Crippen LogP contribution in [0.5, 0.6) is 0 Å². The first kappa shape index (κ1) is 10.7. The molecule has 0 saturated carbocycles. The molecule has 0 unspecified atom stereocenters. The Morgan fingerprint density at radius 3 is 2.77 bits per heavy atom. The molecular formula is C9H14BrNO2. The van der Waals surface area contributed by atoms with Crippen LogP contribution in [0.4, 0.5) is 0 Å². The third kappa shape index (κ3) is 2.81. The molecule has 1 N–H and O–H groups in total. The topological polar surface area (TPSA) is 40.5 Å². The van der Waals surface area contributed by atoms with Gasteiger partial charge in [-0.25, -0.2) is 0 Å². The predicted molar refractivity (Wildman–Crippen MR) is 54.5 cm³/mol. The van der Waals surface area contributed by atoms with Gasteiger partial charge >= 0.3 is 0 Å². The fourth-order valence-electron chi connectivity index (χ4n) is 1.26. The Hall–Kier alpha value is -0.350. The van der Waals surface area contributed by atoms with Crippen LogP contribution in [0.2, 0.25) is 0 Å². The molecule has 13 heavy (non-hydrogen) atoms. The van der Waals surface area contributed by atoms with Crippen molar-refractivity contribution in [2.75, 3.05) is 13.1 Å². The fraction of sp³-hybridized carbons (Fsp3) is 0.667. The molecule has 0 fully saturated rings. The van der Waals surface area contributed by atoms with Crippen molar-refractivity contribution in [3.05, 3.63) is 10.6 Å². The van der Waals surface area contributed by atoms with Gasteiger partial charge in [0.15, 0.2) is 0 Å². The van der Waals surface area contributed by atoms with Gasteiger partial charge in [-0.3, -0.25) is 4.79 Å². The lowest BCUT2D eigenvalue weighted by atomic mass is 10.1. The number of rotatable bonds is 1. The maximum absolute atomic E-state index is 11.6. The SMILES string of the molecule is CC(C)(O)C(=O)N1CCC=C(Br)C1. The van der Waals surface area contributed by atoms with Crippen LogP contribution in [0.25, 0.3) is 0 Å². The molecular weight excluding hydrogens is 234 g/mol. The van der Waals surface area contributed by atoms with Crippen LogP contribution in [-0.4, -0.2) is 34.6 Å². The van der Waals surface area contributed by atoms with Gasteiger partial charge < -0.3 is 10.0 Å². The second kappa shape index (κ2) is 3.80. The molecule has 0 aliphatic carbocycles. The van der Waals surface area contributed by atoms with Crippen LogP contribution in [0.3, 0.4) is 0 Å². The number of hydrogen-bond acceptors (Lipinski definition) is 2. The van der Waals surface area contributed by atoms with Gasteiger partial charge in [0, 0.05) is 11.0 Å². The van der Waals surface area contributed by atoms with Gasteiger partial charge in [-0.05, 0) is 20.3 Å². The van der Waals surface area contributed by atoms with E-state index in [0.717, 1.165) is 10.9 Å². The van der Waals surface area contributed by atoms with Gasteiger partial charge in [-0.1, -0.05) is 22.0 Å². The van der Waals surface area contributed by atoms with E-state index >= 15 is 0 Å². The maximum atomic E-state index is 11.6. The number of aliphatic hydroxyl groups is 1. The van der Waals surface area contributed by atoms with E-state index in [1.807, 2.05) is 6.08 Å². The first-order valence-corrected chi connectivity index (χ1v) is 5.07. The number of hydrogen-bond donors (Lipinski definition) is 1. The zero-order valence-corrected chi connectivity index (χ0v) is 9.47. The highest BCUT2D eigenvalue weighted by molar-refractivity contribution is 9.11. The molecule has 0 aromatic rings. The zero-order valence-electron chi connectivity index (χ0n) is 7.88. The van der Waals surface area contributed by atoms with Crippen molar-refractivity contribution in [2.24, 2.45) is 0 Å². The number of carbonyl (C=O) groups is 1. The second-order valence-corrected chi connectivity index (χ2v) is 4.74. The Morgan fingerprint density at radius 2 is 2.31 bits per heavy atom. The van der Waals surface area contributed by atoms with Crippen molar-refractivity contribution in [3.8, 4) is 0 Å². The molecule has 4 heteroatoms. The summed E-state index contributed by atoms with van der Waals surface area (Å²) in [6, 6.07) is 0. The fourth-order valence-corrected chi connectivity index (χ4v) is 1.79. The van der Waals surface area contributed by atoms with Crippen molar-refractivity contribution in [2.45, 2.75) is 25.9 Å². The Kier molecular flexibility index (Phi) is 3.14. The zero-order chi connectivity index (χ0) is 10.1. The third-order valence-electron chi connectivity index (χ3n) is 1.92. The van der Waals surface area contributed by atoms with E-state index < -0.39 is 5.60 Å². The predicted octanol–water partition coefficient (Wildman–Crippen LogP) is 1.27. The summed E-state index contributed by atoms with van der Waals surface area (Å²) in [5, 5.41) is 9.50. The van der Waals surface area contributed by atoms with Crippen molar-refractivity contribution in [1.29, 1.82) is 0 Å². The molecule has 0 aromatic heterocycles. The van der Waals surface area contributed by atoms with Crippen LogP contribution >= 0.6 is 15.9 Å². The quantitative estimate of drug-likeness (QED) is 0.759. The summed E-state index contributed by atoms with van der Waals surface area (Å²) >= 11 is 3.35. The number of carbonyl (C=O) groups excluding carboxylic acids is 1. The highest BCUT2D eigenvalue weighted by atomic mass is 79.9. The minimum atomic E-state index is -1.26. The lowest BCUT2D eigenvalue weighted by Gasteiger charge is -2.30. The molecule has 0 saturated heterocycles. The molecule has 1 aliphatic rings. The molecule has 0 radical (unpaired) electrons. The lowest BCUT2D eigenvalue weighted by Crippen LogP contribution is -2.46. The van der Waals surface area contributed by atoms with Gasteiger partial charge in [0.05, 0.1) is 6.54 Å². The molecule has 1 aliphatic heterocycles. The standard InChI is InChI=1S/C9H14BrNO2/c1-9(2,13)8(12)11-5-3-4-7(10)6-11/h4,13H,3,5-6H2,1-2H3. The van der Waals surface area contributed by atoms with Crippen LogP contribution in [-0.2, 0) is 4.79 Å². The summed E-state index contributed by atoms with van der Waals surface area (Å²) in [7, 11) is 0. The summed E-state index contributed by atoms with van der Waals surface area (Å²) in [6.07, 6.45) is 2.90. The summed E-state index contributed by atoms with van der Waals surface area (Å²) < 4.78 is 1.01. The minimum absolute atomic E-state index is 0.211. The van der Waals surface area contributed by atoms with Crippen LogP contribution < -0.4 is 0 Å². The Morgan fingerprint density at radius 1 is 1.69 bits per heavy atom. The summed E-state index contributed by atoms with van der Waals surface area (Å²) in [5.41, 5.74) is -1.26. The van der Waals surface area contributed by atoms with Gasteiger partial charge in [-0.15, -0.1) is 0 Å². The highest BCUT2D eigenvalue weighted by Gasteiger charge is 2.30. The normalized spacial score (nSPS) is 18.5. The van der Waals surface area contributed by atoms with E-state index in [1.54, 1.807) is 4.90 Å². The van der Waals surface area contributed by atoms with E-state index in [9.17, 15) is 9.90 Å². The lowest BCUT2D eigenvalue weighted by molar-refractivity contribution is -0.147.